The molecule has 0 fully saturated rings. The van der Waals surface area contributed by atoms with Crippen molar-refractivity contribution in [3.63, 3.8) is 0 Å². The topological polar surface area (TPSA) is 103 Å². The van der Waals surface area contributed by atoms with Crippen LogP contribution in [0.4, 0.5) is 9.80 Å². The van der Waals surface area contributed by atoms with Gasteiger partial charge < -0.3 is 19.7 Å². The summed E-state index contributed by atoms with van der Waals surface area (Å²) in [5.41, 5.74) is 2.34. The largest absolute Gasteiger partial charge is 0.462 e. The maximum atomic E-state index is 12.9. The van der Waals surface area contributed by atoms with Gasteiger partial charge in [0.05, 0.1) is 31.0 Å². The van der Waals surface area contributed by atoms with Gasteiger partial charge in [-0.15, -0.1) is 11.3 Å². The van der Waals surface area contributed by atoms with Gasteiger partial charge in [0.1, 0.15) is 10.7 Å². The number of esters is 1. The minimum Gasteiger partial charge on any atom is -0.462 e. The Morgan fingerprint density at radius 1 is 1.20 bits per heavy atom. The number of aryl methyl sites for hydroxylation is 2. The summed E-state index contributed by atoms with van der Waals surface area (Å²) in [5.74, 6) is -0.820. The second kappa shape index (κ2) is 9.29. The van der Waals surface area contributed by atoms with Gasteiger partial charge in [0.2, 0.25) is 0 Å². The molecule has 1 aliphatic heterocycles. The van der Waals surface area contributed by atoms with Crippen LogP contribution in [0.5, 0.6) is 0 Å². The van der Waals surface area contributed by atoms with Gasteiger partial charge in [-0.05, 0) is 45.7 Å². The van der Waals surface area contributed by atoms with E-state index in [0.717, 1.165) is 16.1 Å². The number of ether oxygens (including phenoxy) is 2. The van der Waals surface area contributed by atoms with Crippen LogP contribution >= 0.6 is 11.3 Å². The summed E-state index contributed by atoms with van der Waals surface area (Å²) < 4.78 is 11.9. The number of nitrogens with one attached hydrogen (secondary N) is 1. The zero-order valence-electron chi connectivity index (χ0n) is 17.6. The van der Waals surface area contributed by atoms with Crippen molar-refractivity contribution in [3.05, 3.63) is 33.5 Å². The number of carbonyl (C=O) groups excluding carboxylic acids is 3. The van der Waals surface area contributed by atoms with Crippen LogP contribution in [-0.4, -0.2) is 52.4 Å². The van der Waals surface area contributed by atoms with Gasteiger partial charge in [-0.25, -0.2) is 9.59 Å². The Balaban J connectivity index is 1.93. The zero-order chi connectivity index (χ0) is 21.8. The summed E-state index contributed by atoms with van der Waals surface area (Å²) >= 11 is 1.29. The smallest absolute Gasteiger partial charge is 0.410 e. The standard InChI is InChI=1S/C20H26N4O5S/c1-5-24-14(10-12(4)22-24)17(25)21-18-16(19(26)28-6-2)13-8-9-23(11-15(13)30-18)20(27)29-7-3/h10H,5-9,11H2,1-4H3,(H,21,25). The van der Waals surface area contributed by atoms with Crippen molar-refractivity contribution in [2.75, 3.05) is 25.1 Å². The molecule has 2 aromatic heterocycles. The number of rotatable bonds is 6. The van der Waals surface area contributed by atoms with E-state index in [-0.39, 0.29) is 18.6 Å². The first-order valence-corrected chi connectivity index (χ1v) is 10.8. The average molecular weight is 435 g/mol. The van der Waals surface area contributed by atoms with Crippen LogP contribution in [0.25, 0.3) is 0 Å². The summed E-state index contributed by atoms with van der Waals surface area (Å²) in [4.78, 5) is 40.1. The van der Waals surface area contributed by atoms with Crippen molar-refractivity contribution in [2.45, 2.75) is 47.2 Å². The molecule has 9 nitrogen and oxygen atoms in total. The molecule has 0 atom stereocenters. The monoisotopic (exact) mass is 434 g/mol. The third-order valence-corrected chi connectivity index (χ3v) is 5.86. The lowest BCUT2D eigenvalue weighted by atomic mass is 10.0. The normalized spacial score (nSPS) is 13.0. The maximum Gasteiger partial charge on any atom is 0.410 e. The van der Waals surface area contributed by atoms with E-state index < -0.39 is 5.97 Å². The molecular weight excluding hydrogens is 408 g/mol. The van der Waals surface area contributed by atoms with Crippen LogP contribution < -0.4 is 5.32 Å². The third kappa shape index (κ3) is 4.33. The molecule has 0 saturated heterocycles. The van der Waals surface area contributed by atoms with E-state index in [2.05, 4.69) is 10.4 Å². The first-order chi connectivity index (χ1) is 14.4. The summed E-state index contributed by atoms with van der Waals surface area (Å²) in [7, 11) is 0. The Bertz CT molecular complexity index is 965. The zero-order valence-corrected chi connectivity index (χ0v) is 18.4. The fraction of sp³-hybridized carbons (Fsp3) is 0.500. The predicted molar refractivity (Wildman–Crippen MR) is 112 cm³/mol. The fourth-order valence-electron chi connectivity index (χ4n) is 3.42. The van der Waals surface area contributed by atoms with Gasteiger partial charge in [-0.1, -0.05) is 0 Å². The molecule has 0 saturated carbocycles. The first-order valence-electron chi connectivity index (χ1n) is 9.98. The number of aromatic nitrogens is 2. The molecule has 3 heterocycles. The van der Waals surface area contributed by atoms with Crippen LogP contribution in [-0.2, 0) is 29.0 Å². The van der Waals surface area contributed by atoms with E-state index in [1.54, 1.807) is 29.5 Å². The van der Waals surface area contributed by atoms with E-state index in [1.165, 1.54) is 11.3 Å². The van der Waals surface area contributed by atoms with E-state index in [9.17, 15) is 14.4 Å². The molecule has 162 valence electrons. The van der Waals surface area contributed by atoms with Crippen molar-refractivity contribution in [1.29, 1.82) is 0 Å². The number of amides is 2. The average Bonchev–Trinajstić information content (AvgIpc) is 3.27. The number of thiophene rings is 1. The summed E-state index contributed by atoms with van der Waals surface area (Å²) in [6.45, 7) is 9.06. The number of carbonyl (C=O) groups is 3. The minimum atomic E-state index is -0.477. The van der Waals surface area contributed by atoms with Gasteiger partial charge in [0.15, 0.2) is 0 Å². The van der Waals surface area contributed by atoms with Crippen LogP contribution in [0.1, 0.15) is 57.8 Å². The van der Waals surface area contributed by atoms with Gasteiger partial charge in [0.25, 0.3) is 5.91 Å². The Labute approximate surface area is 178 Å². The highest BCUT2D eigenvalue weighted by molar-refractivity contribution is 7.17. The quantitative estimate of drug-likeness (QED) is 0.701. The van der Waals surface area contributed by atoms with Crippen LogP contribution in [0.2, 0.25) is 0 Å². The van der Waals surface area contributed by atoms with Gasteiger partial charge in [0, 0.05) is 18.0 Å². The van der Waals surface area contributed by atoms with Crippen molar-refractivity contribution < 1.29 is 23.9 Å². The van der Waals surface area contributed by atoms with E-state index in [0.29, 0.717) is 48.9 Å². The molecule has 0 bridgehead atoms. The van der Waals surface area contributed by atoms with Crippen LogP contribution in [0.15, 0.2) is 6.07 Å². The van der Waals surface area contributed by atoms with Crippen molar-refractivity contribution in [1.82, 2.24) is 14.7 Å². The number of anilines is 1. The molecule has 0 radical (unpaired) electrons. The lowest BCUT2D eigenvalue weighted by Crippen LogP contribution is -2.36. The lowest BCUT2D eigenvalue weighted by molar-refractivity contribution is 0.0526. The summed E-state index contributed by atoms with van der Waals surface area (Å²) in [6.07, 6.45) is 0.0999. The molecule has 0 aliphatic carbocycles. The highest BCUT2D eigenvalue weighted by Crippen LogP contribution is 2.38. The highest BCUT2D eigenvalue weighted by atomic mass is 32.1. The van der Waals surface area contributed by atoms with Crippen molar-refractivity contribution in [3.8, 4) is 0 Å². The van der Waals surface area contributed by atoms with Crippen LogP contribution in [0, 0.1) is 6.92 Å². The maximum absolute atomic E-state index is 12.9. The number of fused-ring (bicyclic) bond motifs is 1. The van der Waals surface area contributed by atoms with Gasteiger partial charge in [-0.3, -0.25) is 9.48 Å². The Kier molecular flexibility index (Phi) is 6.76. The fourth-order valence-corrected chi connectivity index (χ4v) is 4.66. The van der Waals surface area contributed by atoms with Gasteiger partial charge in [-0.2, -0.15) is 5.10 Å². The molecule has 0 aromatic carbocycles. The first kappa shape index (κ1) is 21.8. The van der Waals surface area contributed by atoms with Crippen molar-refractivity contribution >= 4 is 34.3 Å². The predicted octanol–water partition coefficient (Wildman–Crippen LogP) is 3.22. The van der Waals surface area contributed by atoms with Crippen molar-refractivity contribution in [2.24, 2.45) is 0 Å². The number of hydrogen-bond donors (Lipinski definition) is 1. The molecule has 1 aliphatic rings. The number of nitrogens with zero attached hydrogens (tertiary/aromatic N) is 3. The minimum absolute atomic E-state index is 0.230. The summed E-state index contributed by atoms with van der Waals surface area (Å²) in [5, 5.41) is 7.59. The molecule has 0 unspecified atom stereocenters. The molecule has 10 heteroatoms. The second-order valence-electron chi connectivity index (χ2n) is 6.74. The van der Waals surface area contributed by atoms with E-state index in [1.807, 2.05) is 13.8 Å². The van der Waals surface area contributed by atoms with Gasteiger partial charge >= 0.3 is 12.1 Å². The molecule has 3 rings (SSSR count). The summed E-state index contributed by atoms with van der Waals surface area (Å²) in [6, 6.07) is 1.71. The molecular formula is C20H26N4O5S. The third-order valence-electron chi connectivity index (χ3n) is 4.72. The van der Waals surface area contributed by atoms with E-state index >= 15 is 0 Å². The molecule has 30 heavy (non-hydrogen) atoms. The molecule has 2 aromatic rings. The van der Waals surface area contributed by atoms with E-state index in [4.69, 9.17) is 9.47 Å². The Hall–Kier alpha value is -2.88. The second-order valence-corrected chi connectivity index (χ2v) is 7.84. The molecule has 0 spiro atoms. The molecule has 1 N–H and O–H groups in total. The molecule has 2 amide bonds. The highest BCUT2D eigenvalue weighted by Gasteiger charge is 2.32. The Morgan fingerprint density at radius 2 is 1.93 bits per heavy atom. The lowest BCUT2D eigenvalue weighted by Gasteiger charge is -2.26. The SMILES string of the molecule is CCOC(=O)c1c(NC(=O)c2cc(C)nn2CC)sc2c1CCN(C(=O)OCC)C2. The number of hydrogen-bond acceptors (Lipinski definition) is 7. The Morgan fingerprint density at radius 3 is 2.60 bits per heavy atom. The van der Waals surface area contributed by atoms with Crippen LogP contribution in [0.3, 0.4) is 0 Å².